The number of hydrazine groups is 2. The summed E-state index contributed by atoms with van der Waals surface area (Å²) in [6, 6.07) is 9.51. The van der Waals surface area contributed by atoms with Gasteiger partial charge in [0, 0.05) is 22.2 Å². The SMILES string of the molecule is COc1cc(Cl)cc(NNC(=O)C(=O)NNc2cc(Cl)cc(OC)c2)c1. The highest BCUT2D eigenvalue weighted by Gasteiger charge is 2.13. The molecule has 0 aliphatic carbocycles. The summed E-state index contributed by atoms with van der Waals surface area (Å²) < 4.78 is 10.1. The van der Waals surface area contributed by atoms with Gasteiger partial charge in [-0.3, -0.25) is 31.3 Å². The van der Waals surface area contributed by atoms with Crippen LogP contribution in [0.25, 0.3) is 0 Å². The number of methoxy groups -OCH3 is 2. The fraction of sp³-hybridized carbons (Fsp3) is 0.125. The van der Waals surface area contributed by atoms with Gasteiger partial charge in [0.05, 0.1) is 25.6 Å². The molecule has 0 saturated carbocycles. The molecule has 0 bridgehead atoms. The number of hydrogen-bond acceptors (Lipinski definition) is 6. The van der Waals surface area contributed by atoms with E-state index in [1.165, 1.54) is 14.2 Å². The molecule has 0 unspecified atom stereocenters. The summed E-state index contributed by atoms with van der Waals surface area (Å²) in [6.45, 7) is 0. The third kappa shape index (κ3) is 5.61. The molecule has 0 saturated heterocycles. The van der Waals surface area contributed by atoms with Crippen molar-refractivity contribution in [1.82, 2.24) is 10.9 Å². The van der Waals surface area contributed by atoms with Gasteiger partial charge in [0.15, 0.2) is 0 Å². The topological polar surface area (TPSA) is 101 Å². The average molecular weight is 399 g/mol. The molecule has 0 fully saturated rings. The van der Waals surface area contributed by atoms with Gasteiger partial charge in [-0.1, -0.05) is 23.2 Å². The summed E-state index contributed by atoms with van der Waals surface area (Å²) in [4.78, 5) is 23.7. The Morgan fingerprint density at radius 3 is 1.46 bits per heavy atom. The van der Waals surface area contributed by atoms with Crippen molar-refractivity contribution in [3.63, 3.8) is 0 Å². The van der Waals surface area contributed by atoms with Crippen LogP contribution in [0, 0.1) is 0 Å². The second-order valence-corrected chi connectivity index (χ2v) is 5.79. The molecule has 26 heavy (non-hydrogen) atoms. The summed E-state index contributed by atoms with van der Waals surface area (Å²) in [5, 5.41) is 0.809. The van der Waals surface area contributed by atoms with Crippen molar-refractivity contribution < 1.29 is 19.1 Å². The molecule has 2 aromatic rings. The second-order valence-electron chi connectivity index (χ2n) is 4.92. The van der Waals surface area contributed by atoms with E-state index >= 15 is 0 Å². The fourth-order valence-electron chi connectivity index (χ4n) is 1.88. The van der Waals surface area contributed by atoms with E-state index in [0.29, 0.717) is 32.9 Å². The monoisotopic (exact) mass is 398 g/mol. The van der Waals surface area contributed by atoms with Gasteiger partial charge in [-0.15, -0.1) is 0 Å². The van der Waals surface area contributed by atoms with Gasteiger partial charge >= 0.3 is 11.8 Å². The van der Waals surface area contributed by atoms with Crippen LogP contribution in [-0.2, 0) is 9.59 Å². The van der Waals surface area contributed by atoms with Crippen molar-refractivity contribution in [2.45, 2.75) is 0 Å². The van der Waals surface area contributed by atoms with Crippen molar-refractivity contribution in [2.24, 2.45) is 0 Å². The minimum Gasteiger partial charge on any atom is -0.497 e. The number of ether oxygens (including phenoxy) is 2. The van der Waals surface area contributed by atoms with Gasteiger partial charge in [-0.2, -0.15) is 0 Å². The van der Waals surface area contributed by atoms with E-state index in [0.717, 1.165) is 0 Å². The van der Waals surface area contributed by atoms with Crippen LogP contribution in [0.15, 0.2) is 36.4 Å². The zero-order valence-corrected chi connectivity index (χ0v) is 15.4. The number of halogens is 2. The number of carbonyl (C=O) groups is 2. The Morgan fingerprint density at radius 1 is 0.731 bits per heavy atom. The molecule has 0 aliphatic heterocycles. The van der Waals surface area contributed by atoms with Crippen LogP contribution in [0.4, 0.5) is 11.4 Å². The molecule has 0 radical (unpaired) electrons. The molecular formula is C16H16Cl2N4O4. The van der Waals surface area contributed by atoms with Crippen molar-refractivity contribution >= 4 is 46.4 Å². The normalized spacial score (nSPS) is 9.85. The van der Waals surface area contributed by atoms with E-state index in [4.69, 9.17) is 32.7 Å². The fourth-order valence-corrected chi connectivity index (χ4v) is 2.33. The Morgan fingerprint density at radius 2 is 1.12 bits per heavy atom. The van der Waals surface area contributed by atoms with E-state index in [-0.39, 0.29) is 0 Å². The molecular weight excluding hydrogens is 383 g/mol. The van der Waals surface area contributed by atoms with Gasteiger partial charge < -0.3 is 9.47 Å². The smallest absolute Gasteiger partial charge is 0.329 e. The summed E-state index contributed by atoms with van der Waals surface area (Å²) in [6.07, 6.45) is 0. The molecule has 4 N–H and O–H groups in total. The van der Waals surface area contributed by atoms with Crippen LogP contribution >= 0.6 is 23.2 Å². The van der Waals surface area contributed by atoms with Gasteiger partial charge in [0.25, 0.3) is 0 Å². The van der Waals surface area contributed by atoms with Gasteiger partial charge in [0.2, 0.25) is 0 Å². The predicted octanol–water partition coefficient (Wildman–Crippen LogP) is 2.60. The molecule has 0 spiro atoms. The zero-order valence-electron chi connectivity index (χ0n) is 13.9. The molecule has 0 aromatic heterocycles. The second kappa shape index (κ2) is 9.02. The Balaban J connectivity index is 1.89. The number of hydrogen-bond donors (Lipinski definition) is 4. The third-order valence-corrected chi connectivity index (χ3v) is 3.50. The van der Waals surface area contributed by atoms with Gasteiger partial charge in [-0.05, 0) is 24.3 Å². The quantitative estimate of drug-likeness (QED) is 0.440. The number of rotatable bonds is 6. The highest BCUT2D eigenvalue weighted by molar-refractivity contribution is 6.35. The zero-order chi connectivity index (χ0) is 19.1. The molecule has 2 amide bonds. The van der Waals surface area contributed by atoms with Crippen molar-refractivity contribution in [1.29, 1.82) is 0 Å². The van der Waals surface area contributed by atoms with Crippen LogP contribution in [0.3, 0.4) is 0 Å². The maximum absolute atomic E-state index is 11.8. The van der Waals surface area contributed by atoms with Crippen LogP contribution in [0.5, 0.6) is 11.5 Å². The van der Waals surface area contributed by atoms with Crippen LogP contribution in [-0.4, -0.2) is 26.0 Å². The lowest BCUT2D eigenvalue weighted by Gasteiger charge is -2.12. The minimum absolute atomic E-state index is 0.405. The lowest BCUT2D eigenvalue weighted by Crippen LogP contribution is -2.44. The highest BCUT2D eigenvalue weighted by atomic mass is 35.5. The Kier molecular flexibility index (Phi) is 6.76. The molecule has 0 aliphatic rings. The van der Waals surface area contributed by atoms with Crippen LogP contribution in [0.2, 0.25) is 10.0 Å². The highest BCUT2D eigenvalue weighted by Crippen LogP contribution is 2.24. The largest absolute Gasteiger partial charge is 0.497 e. The Hall–Kier alpha value is -2.84. The maximum atomic E-state index is 11.8. The first-order valence-electron chi connectivity index (χ1n) is 7.23. The number of amides is 2. The first-order valence-corrected chi connectivity index (χ1v) is 7.98. The van der Waals surface area contributed by atoms with E-state index in [2.05, 4.69) is 21.7 Å². The number of nitrogens with one attached hydrogen (secondary N) is 4. The number of anilines is 2. The molecule has 2 rings (SSSR count). The minimum atomic E-state index is -0.926. The number of benzene rings is 2. The summed E-state index contributed by atoms with van der Waals surface area (Å²) in [7, 11) is 2.97. The molecule has 0 atom stereocenters. The third-order valence-electron chi connectivity index (χ3n) is 3.06. The summed E-state index contributed by atoms with van der Waals surface area (Å²) in [5.74, 6) is -0.860. The molecule has 0 heterocycles. The van der Waals surface area contributed by atoms with Crippen molar-refractivity contribution in [3.8, 4) is 11.5 Å². The van der Waals surface area contributed by atoms with E-state index < -0.39 is 11.8 Å². The lowest BCUT2D eigenvalue weighted by atomic mass is 10.3. The van der Waals surface area contributed by atoms with Gasteiger partial charge in [-0.25, -0.2) is 0 Å². The van der Waals surface area contributed by atoms with Gasteiger partial charge in [0.1, 0.15) is 11.5 Å². The molecule has 8 nitrogen and oxygen atoms in total. The molecule has 138 valence electrons. The lowest BCUT2D eigenvalue weighted by molar-refractivity contribution is -0.138. The standard InChI is InChI=1S/C16H16Cl2N4O4/c1-25-13-5-9(17)3-11(7-13)19-21-15(23)16(24)22-20-12-4-10(18)6-14(8-12)26-2/h3-8,19-20H,1-2H3,(H,21,23)(H,22,24). The Labute approximate surface area is 159 Å². The van der Waals surface area contributed by atoms with E-state index in [1.807, 2.05) is 0 Å². The summed E-state index contributed by atoms with van der Waals surface area (Å²) >= 11 is 11.8. The maximum Gasteiger partial charge on any atom is 0.329 e. The molecule has 10 heteroatoms. The van der Waals surface area contributed by atoms with Crippen LogP contribution in [0.1, 0.15) is 0 Å². The predicted molar refractivity (Wildman–Crippen MR) is 99.5 cm³/mol. The molecule has 2 aromatic carbocycles. The summed E-state index contributed by atoms with van der Waals surface area (Å²) in [5.41, 5.74) is 10.5. The Bertz CT molecular complexity index is 749. The first-order chi connectivity index (χ1) is 12.4. The first kappa shape index (κ1) is 19.5. The van der Waals surface area contributed by atoms with E-state index in [9.17, 15) is 9.59 Å². The van der Waals surface area contributed by atoms with E-state index in [1.54, 1.807) is 36.4 Å². The van der Waals surface area contributed by atoms with Crippen molar-refractivity contribution in [3.05, 3.63) is 46.4 Å². The number of carbonyl (C=O) groups excluding carboxylic acids is 2. The van der Waals surface area contributed by atoms with Crippen LogP contribution < -0.4 is 31.2 Å². The van der Waals surface area contributed by atoms with Crippen molar-refractivity contribution in [2.75, 3.05) is 25.1 Å². The average Bonchev–Trinajstić information content (AvgIpc) is 2.63.